The zero-order valence-corrected chi connectivity index (χ0v) is 18.8. The normalized spacial score (nSPS) is 11.0. The molecule has 0 atom stereocenters. The maximum absolute atomic E-state index is 15.1. The molecule has 0 saturated carbocycles. The van der Waals surface area contributed by atoms with Crippen molar-refractivity contribution in [2.24, 2.45) is 0 Å². The fourth-order valence-electron chi connectivity index (χ4n) is 3.23. The highest BCUT2D eigenvalue weighted by Gasteiger charge is 2.21. The highest BCUT2D eigenvalue weighted by atomic mass is 35.5. The Hall–Kier alpha value is -4.00. The minimum atomic E-state index is -4.26. The number of benzene rings is 3. The summed E-state index contributed by atoms with van der Waals surface area (Å²) < 4.78 is 57.7. The van der Waals surface area contributed by atoms with Gasteiger partial charge in [-0.2, -0.15) is 0 Å². The minimum Gasteiger partial charge on any atom is -0.383 e. The van der Waals surface area contributed by atoms with Crippen molar-refractivity contribution >= 4 is 50.1 Å². The molecule has 170 valence electrons. The van der Waals surface area contributed by atoms with Crippen molar-refractivity contribution in [3.8, 4) is 11.8 Å². The summed E-state index contributed by atoms with van der Waals surface area (Å²) in [6.07, 6.45) is 2.27. The van der Waals surface area contributed by atoms with Gasteiger partial charge in [0.2, 0.25) is 0 Å². The molecule has 10 heteroatoms. The number of hydrogen-bond acceptors (Lipinski definition) is 5. The third-order valence-corrected chi connectivity index (χ3v) is 6.64. The topological polar surface area (TPSA) is 109 Å². The summed E-state index contributed by atoms with van der Waals surface area (Å²) in [4.78, 5) is 3.76. The lowest BCUT2D eigenvalue weighted by Crippen LogP contribution is -2.15. The highest BCUT2D eigenvalue weighted by Crippen LogP contribution is 2.30. The molecule has 4 aromatic rings. The minimum absolute atomic E-state index is 0.115. The van der Waals surface area contributed by atoms with E-state index in [4.69, 9.17) is 22.7 Å². The SMILES string of the molecule is N=Cc1cc(C#Cc2c(F)ccc(NS(=O)(=O)c3cccc4c(Cl)cccc34)c2F)cnc1N. The summed E-state index contributed by atoms with van der Waals surface area (Å²) in [5.74, 6) is 2.88. The maximum atomic E-state index is 15.1. The summed E-state index contributed by atoms with van der Waals surface area (Å²) in [5.41, 5.74) is 5.08. The Morgan fingerprint density at radius 3 is 2.56 bits per heavy atom. The van der Waals surface area contributed by atoms with E-state index in [0.717, 1.165) is 18.3 Å². The van der Waals surface area contributed by atoms with Gasteiger partial charge in [0, 0.05) is 39.3 Å². The van der Waals surface area contributed by atoms with Gasteiger partial charge in [0.1, 0.15) is 11.6 Å². The average Bonchev–Trinajstić information content (AvgIpc) is 2.81. The van der Waals surface area contributed by atoms with Crippen molar-refractivity contribution in [2.45, 2.75) is 4.90 Å². The van der Waals surface area contributed by atoms with Crippen LogP contribution >= 0.6 is 11.6 Å². The molecule has 0 radical (unpaired) electrons. The van der Waals surface area contributed by atoms with E-state index in [-0.39, 0.29) is 16.3 Å². The molecule has 0 fully saturated rings. The van der Waals surface area contributed by atoms with Crippen molar-refractivity contribution in [3.05, 3.63) is 94.1 Å². The standard InChI is InChI=1S/C24H15ClF2N4O2S/c25-19-5-1-4-17-16(19)3-2-6-22(17)34(32,33)31-21-10-9-20(26)18(23(21)27)8-7-14-11-15(12-28)24(29)30-13-14/h1-6,9-13,28,31H,(H2,29,30). The van der Waals surface area contributed by atoms with E-state index in [1.807, 2.05) is 0 Å². The predicted molar refractivity (Wildman–Crippen MR) is 129 cm³/mol. The molecule has 0 amide bonds. The van der Waals surface area contributed by atoms with E-state index in [1.165, 1.54) is 24.4 Å². The summed E-state index contributed by atoms with van der Waals surface area (Å²) in [5, 5.41) is 8.53. The summed E-state index contributed by atoms with van der Waals surface area (Å²) in [6, 6.07) is 12.7. The van der Waals surface area contributed by atoms with E-state index in [0.29, 0.717) is 21.4 Å². The number of halogens is 3. The lowest BCUT2D eigenvalue weighted by atomic mass is 10.1. The molecule has 0 bridgehead atoms. The number of rotatable bonds is 4. The van der Waals surface area contributed by atoms with Crippen LogP contribution in [0.15, 0.2) is 65.7 Å². The molecular formula is C24H15ClF2N4O2S. The second-order valence-electron chi connectivity index (χ2n) is 7.07. The Balaban J connectivity index is 1.74. The van der Waals surface area contributed by atoms with Crippen molar-refractivity contribution in [1.82, 2.24) is 4.98 Å². The number of nitrogens with zero attached hydrogens (tertiary/aromatic N) is 1. The molecule has 0 aliphatic rings. The number of nitrogens with one attached hydrogen (secondary N) is 2. The molecule has 1 heterocycles. The van der Waals surface area contributed by atoms with Gasteiger partial charge >= 0.3 is 0 Å². The van der Waals surface area contributed by atoms with Gasteiger partial charge in [-0.25, -0.2) is 22.2 Å². The number of nitrogen functional groups attached to an aromatic ring is 1. The average molecular weight is 497 g/mol. The van der Waals surface area contributed by atoms with Crippen molar-refractivity contribution < 1.29 is 17.2 Å². The first-order valence-corrected chi connectivity index (χ1v) is 11.5. The first kappa shape index (κ1) is 23.2. The van der Waals surface area contributed by atoms with Gasteiger partial charge in [0.15, 0.2) is 5.82 Å². The van der Waals surface area contributed by atoms with Gasteiger partial charge in [-0.05, 0) is 30.3 Å². The van der Waals surface area contributed by atoms with Crippen LogP contribution < -0.4 is 10.5 Å². The lowest BCUT2D eigenvalue weighted by molar-refractivity contribution is 0.578. The number of fused-ring (bicyclic) bond motifs is 1. The molecule has 0 unspecified atom stereocenters. The molecule has 0 aliphatic carbocycles. The molecule has 1 aromatic heterocycles. The van der Waals surface area contributed by atoms with Crippen LogP contribution in [0.2, 0.25) is 5.02 Å². The Morgan fingerprint density at radius 1 is 1.06 bits per heavy atom. The van der Waals surface area contributed by atoms with Gasteiger partial charge in [0.05, 0.1) is 16.1 Å². The number of nitrogens with two attached hydrogens (primary N) is 1. The fourth-order valence-corrected chi connectivity index (χ4v) is 4.75. The van der Waals surface area contributed by atoms with Crippen LogP contribution in [0, 0.1) is 28.9 Å². The van der Waals surface area contributed by atoms with E-state index < -0.39 is 32.9 Å². The van der Waals surface area contributed by atoms with E-state index in [9.17, 15) is 12.8 Å². The smallest absolute Gasteiger partial charge is 0.262 e. The van der Waals surface area contributed by atoms with Gasteiger partial charge in [-0.15, -0.1) is 0 Å². The number of anilines is 2. The van der Waals surface area contributed by atoms with Gasteiger partial charge < -0.3 is 11.1 Å². The van der Waals surface area contributed by atoms with Crippen LogP contribution in [0.3, 0.4) is 0 Å². The molecule has 0 saturated heterocycles. The molecule has 3 aromatic carbocycles. The number of hydrogen-bond donors (Lipinski definition) is 3. The fraction of sp³-hybridized carbons (Fsp3) is 0. The Labute approximate surface area is 199 Å². The Kier molecular flexibility index (Phi) is 6.20. The molecule has 6 nitrogen and oxygen atoms in total. The first-order chi connectivity index (χ1) is 16.2. The molecule has 34 heavy (non-hydrogen) atoms. The number of aromatic nitrogens is 1. The summed E-state index contributed by atoms with van der Waals surface area (Å²) >= 11 is 6.16. The Morgan fingerprint density at radius 2 is 1.79 bits per heavy atom. The zero-order chi connectivity index (χ0) is 24.5. The molecule has 0 aliphatic heterocycles. The van der Waals surface area contributed by atoms with E-state index in [2.05, 4.69) is 21.5 Å². The van der Waals surface area contributed by atoms with Crippen LogP contribution in [-0.4, -0.2) is 19.6 Å². The van der Waals surface area contributed by atoms with E-state index >= 15 is 4.39 Å². The first-order valence-electron chi connectivity index (χ1n) is 9.67. The molecule has 4 N–H and O–H groups in total. The van der Waals surface area contributed by atoms with Crippen LogP contribution in [-0.2, 0) is 10.0 Å². The lowest BCUT2D eigenvalue weighted by Gasteiger charge is -2.12. The van der Waals surface area contributed by atoms with Crippen molar-refractivity contribution in [2.75, 3.05) is 10.5 Å². The highest BCUT2D eigenvalue weighted by molar-refractivity contribution is 7.93. The van der Waals surface area contributed by atoms with Gasteiger partial charge in [-0.1, -0.05) is 47.7 Å². The zero-order valence-electron chi connectivity index (χ0n) is 17.2. The number of pyridine rings is 1. The molecule has 4 rings (SSSR count). The third kappa shape index (κ3) is 4.41. The quantitative estimate of drug-likeness (QED) is 0.274. The van der Waals surface area contributed by atoms with Crippen LogP contribution in [0.5, 0.6) is 0 Å². The van der Waals surface area contributed by atoms with E-state index in [1.54, 1.807) is 24.3 Å². The van der Waals surface area contributed by atoms with Gasteiger partial charge in [0.25, 0.3) is 10.0 Å². The summed E-state index contributed by atoms with van der Waals surface area (Å²) in [6.45, 7) is 0. The van der Waals surface area contributed by atoms with Gasteiger partial charge in [-0.3, -0.25) is 4.72 Å². The second-order valence-corrected chi connectivity index (χ2v) is 9.13. The van der Waals surface area contributed by atoms with Crippen molar-refractivity contribution in [1.29, 1.82) is 5.41 Å². The second kappa shape index (κ2) is 9.09. The van der Waals surface area contributed by atoms with Crippen LogP contribution in [0.25, 0.3) is 10.8 Å². The Bertz CT molecular complexity index is 1630. The maximum Gasteiger partial charge on any atom is 0.262 e. The summed E-state index contributed by atoms with van der Waals surface area (Å²) in [7, 11) is -4.26. The monoisotopic (exact) mass is 496 g/mol. The largest absolute Gasteiger partial charge is 0.383 e. The molecule has 0 spiro atoms. The molecular weight excluding hydrogens is 482 g/mol. The van der Waals surface area contributed by atoms with Crippen molar-refractivity contribution in [3.63, 3.8) is 0 Å². The predicted octanol–water partition coefficient (Wildman–Crippen LogP) is 4.95. The van der Waals surface area contributed by atoms with Crippen LogP contribution in [0.4, 0.5) is 20.3 Å². The van der Waals surface area contributed by atoms with Crippen LogP contribution in [0.1, 0.15) is 16.7 Å². The number of sulfonamides is 1. The third-order valence-electron chi connectivity index (χ3n) is 4.89.